The van der Waals surface area contributed by atoms with Gasteiger partial charge in [-0.05, 0) is 40.2 Å². The van der Waals surface area contributed by atoms with Gasteiger partial charge in [-0.3, -0.25) is 4.72 Å². The Bertz CT molecular complexity index is 719. The molecule has 0 aliphatic heterocycles. The van der Waals surface area contributed by atoms with Gasteiger partial charge in [0.1, 0.15) is 4.90 Å². The van der Waals surface area contributed by atoms with E-state index in [1.165, 1.54) is 12.1 Å². The van der Waals surface area contributed by atoms with Crippen LogP contribution in [0.4, 0.5) is 11.4 Å². The molecule has 19 heavy (non-hydrogen) atoms. The zero-order chi connectivity index (χ0) is 14.0. The second-order valence-electron chi connectivity index (χ2n) is 3.74. The minimum absolute atomic E-state index is 0.0295. The second kappa shape index (κ2) is 5.40. The van der Waals surface area contributed by atoms with Crippen LogP contribution in [0, 0.1) is 0 Å². The first-order valence-corrected chi connectivity index (χ1v) is 7.88. The third-order valence-electron chi connectivity index (χ3n) is 2.40. The van der Waals surface area contributed by atoms with Crippen LogP contribution in [0.3, 0.4) is 0 Å². The van der Waals surface area contributed by atoms with Gasteiger partial charge in [0.25, 0.3) is 10.0 Å². The van der Waals surface area contributed by atoms with Gasteiger partial charge in [0.2, 0.25) is 0 Å². The molecule has 0 saturated heterocycles. The third-order valence-corrected chi connectivity index (χ3v) is 5.24. The van der Waals surface area contributed by atoms with Gasteiger partial charge in [-0.25, -0.2) is 8.42 Å². The first-order valence-electron chi connectivity index (χ1n) is 5.23. The van der Waals surface area contributed by atoms with E-state index in [9.17, 15) is 8.42 Å². The highest BCUT2D eigenvalue weighted by molar-refractivity contribution is 9.10. The van der Waals surface area contributed by atoms with Gasteiger partial charge in [0.05, 0.1) is 20.9 Å². The standard InChI is InChI=1S/C12H10BrClN2O2S/c13-12-8(14)4-3-6-10(12)16-19(17,18)11-7-2-1-5-9(11)15/h1-7,16H,15H2. The first-order chi connectivity index (χ1) is 8.92. The van der Waals surface area contributed by atoms with Crippen LogP contribution in [0.1, 0.15) is 0 Å². The summed E-state index contributed by atoms with van der Waals surface area (Å²) >= 11 is 9.15. The summed E-state index contributed by atoms with van der Waals surface area (Å²) in [5, 5.41) is 0.418. The van der Waals surface area contributed by atoms with Crippen LogP contribution in [0.5, 0.6) is 0 Å². The smallest absolute Gasteiger partial charge is 0.263 e. The maximum atomic E-state index is 12.2. The van der Waals surface area contributed by atoms with Crippen molar-refractivity contribution in [3.05, 3.63) is 52.0 Å². The van der Waals surface area contributed by atoms with Crippen LogP contribution in [-0.2, 0) is 10.0 Å². The van der Waals surface area contributed by atoms with Crippen molar-refractivity contribution in [2.24, 2.45) is 0 Å². The fraction of sp³-hybridized carbons (Fsp3) is 0. The number of hydrogen-bond acceptors (Lipinski definition) is 3. The maximum Gasteiger partial charge on any atom is 0.263 e. The summed E-state index contributed by atoms with van der Waals surface area (Å²) in [6.07, 6.45) is 0. The fourth-order valence-corrected chi connectivity index (χ4v) is 3.38. The number of nitrogens with one attached hydrogen (secondary N) is 1. The Kier molecular flexibility index (Phi) is 4.03. The number of nitrogens with two attached hydrogens (primary N) is 1. The number of rotatable bonds is 3. The zero-order valence-corrected chi connectivity index (χ0v) is 12.8. The average molecular weight is 362 g/mol. The van der Waals surface area contributed by atoms with Crippen molar-refractivity contribution in [1.82, 2.24) is 0 Å². The van der Waals surface area contributed by atoms with E-state index >= 15 is 0 Å². The number of nitrogen functional groups attached to an aromatic ring is 1. The van der Waals surface area contributed by atoms with Gasteiger partial charge < -0.3 is 5.73 Å². The van der Waals surface area contributed by atoms with E-state index in [4.69, 9.17) is 17.3 Å². The molecule has 0 atom stereocenters. The molecular formula is C12H10BrClN2O2S. The number of sulfonamides is 1. The minimum Gasteiger partial charge on any atom is -0.398 e. The molecule has 2 rings (SSSR count). The molecule has 0 amide bonds. The number of halogens is 2. The molecule has 2 aromatic rings. The molecule has 7 heteroatoms. The van der Waals surface area contributed by atoms with Crippen molar-refractivity contribution in [3.63, 3.8) is 0 Å². The molecule has 0 spiro atoms. The van der Waals surface area contributed by atoms with Gasteiger partial charge in [-0.2, -0.15) is 0 Å². The Morgan fingerprint density at radius 1 is 1.11 bits per heavy atom. The van der Waals surface area contributed by atoms with Crippen LogP contribution in [0.2, 0.25) is 5.02 Å². The summed E-state index contributed by atoms with van der Waals surface area (Å²) in [6.45, 7) is 0. The fourth-order valence-electron chi connectivity index (χ4n) is 1.51. The zero-order valence-electron chi connectivity index (χ0n) is 9.60. The normalized spacial score (nSPS) is 11.3. The Morgan fingerprint density at radius 3 is 2.47 bits per heavy atom. The van der Waals surface area contributed by atoms with Crippen molar-refractivity contribution < 1.29 is 8.42 Å². The molecule has 4 nitrogen and oxygen atoms in total. The first kappa shape index (κ1) is 14.2. The summed E-state index contributed by atoms with van der Waals surface area (Å²) < 4.78 is 27.4. The molecular weight excluding hydrogens is 352 g/mol. The summed E-state index contributed by atoms with van der Waals surface area (Å²) in [5.74, 6) is 0. The number of para-hydroxylation sites is 1. The Morgan fingerprint density at radius 2 is 1.79 bits per heavy atom. The van der Waals surface area contributed by atoms with E-state index in [0.29, 0.717) is 15.2 Å². The summed E-state index contributed by atoms with van der Waals surface area (Å²) in [6, 6.07) is 11.2. The molecule has 0 radical (unpaired) electrons. The molecule has 0 aliphatic rings. The minimum atomic E-state index is -3.75. The van der Waals surface area contributed by atoms with Gasteiger partial charge in [-0.15, -0.1) is 0 Å². The van der Waals surface area contributed by atoms with Crippen molar-refractivity contribution in [3.8, 4) is 0 Å². The molecule has 0 fully saturated rings. The topological polar surface area (TPSA) is 72.2 Å². The number of anilines is 2. The molecule has 100 valence electrons. The molecule has 0 aliphatic carbocycles. The van der Waals surface area contributed by atoms with E-state index in [-0.39, 0.29) is 10.6 Å². The highest BCUT2D eigenvalue weighted by atomic mass is 79.9. The van der Waals surface area contributed by atoms with Crippen LogP contribution < -0.4 is 10.5 Å². The molecule has 0 aromatic heterocycles. The van der Waals surface area contributed by atoms with Gasteiger partial charge in [0.15, 0.2) is 0 Å². The van der Waals surface area contributed by atoms with E-state index in [1.54, 1.807) is 30.3 Å². The largest absolute Gasteiger partial charge is 0.398 e. The van der Waals surface area contributed by atoms with Gasteiger partial charge in [0, 0.05) is 0 Å². The molecule has 0 unspecified atom stereocenters. The van der Waals surface area contributed by atoms with Crippen LogP contribution in [0.25, 0.3) is 0 Å². The quantitative estimate of drug-likeness (QED) is 0.822. The Labute approximate surface area is 124 Å². The van der Waals surface area contributed by atoms with E-state index in [1.807, 2.05) is 0 Å². The molecule has 0 bridgehead atoms. The van der Waals surface area contributed by atoms with Crippen molar-refractivity contribution >= 4 is 48.9 Å². The van der Waals surface area contributed by atoms with Crippen molar-refractivity contribution in [2.75, 3.05) is 10.5 Å². The third kappa shape index (κ3) is 3.02. The molecule has 3 N–H and O–H groups in total. The highest BCUT2D eigenvalue weighted by Crippen LogP contribution is 2.32. The monoisotopic (exact) mass is 360 g/mol. The Balaban J connectivity index is 2.43. The average Bonchev–Trinajstić information content (AvgIpc) is 2.35. The van der Waals surface area contributed by atoms with E-state index < -0.39 is 10.0 Å². The lowest BCUT2D eigenvalue weighted by Crippen LogP contribution is -2.15. The van der Waals surface area contributed by atoms with E-state index in [2.05, 4.69) is 20.7 Å². The van der Waals surface area contributed by atoms with Crippen LogP contribution in [-0.4, -0.2) is 8.42 Å². The predicted molar refractivity (Wildman–Crippen MR) is 80.8 cm³/mol. The van der Waals surface area contributed by atoms with Crippen molar-refractivity contribution in [1.29, 1.82) is 0 Å². The summed E-state index contributed by atoms with van der Waals surface area (Å²) in [7, 11) is -3.75. The van der Waals surface area contributed by atoms with Crippen LogP contribution in [0.15, 0.2) is 51.8 Å². The van der Waals surface area contributed by atoms with Crippen LogP contribution >= 0.6 is 27.5 Å². The molecule has 2 aromatic carbocycles. The second-order valence-corrected chi connectivity index (χ2v) is 6.60. The summed E-state index contributed by atoms with van der Waals surface area (Å²) in [5.41, 5.74) is 6.22. The van der Waals surface area contributed by atoms with Gasteiger partial charge in [-0.1, -0.05) is 29.8 Å². The number of benzene rings is 2. The van der Waals surface area contributed by atoms with E-state index in [0.717, 1.165) is 0 Å². The summed E-state index contributed by atoms with van der Waals surface area (Å²) in [4.78, 5) is 0.0295. The lowest BCUT2D eigenvalue weighted by atomic mass is 10.3. The van der Waals surface area contributed by atoms with Crippen molar-refractivity contribution in [2.45, 2.75) is 4.90 Å². The lowest BCUT2D eigenvalue weighted by Gasteiger charge is -2.11. The Hall–Kier alpha value is -1.24. The molecule has 0 heterocycles. The SMILES string of the molecule is Nc1ccccc1S(=O)(=O)Nc1cccc(Cl)c1Br. The van der Waals surface area contributed by atoms with Gasteiger partial charge >= 0.3 is 0 Å². The highest BCUT2D eigenvalue weighted by Gasteiger charge is 2.18. The maximum absolute atomic E-state index is 12.2. The number of hydrogen-bond donors (Lipinski definition) is 2. The lowest BCUT2D eigenvalue weighted by molar-refractivity contribution is 0.601. The molecule has 0 saturated carbocycles. The predicted octanol–water partition coefficient (Wildman–Crippen LogP) is 3.49.